The molecule has 0 aliphatic heterocycles. The number of fused-ring (bicyclic) bond motifs is 1. The SMILES string of the molecule is O=C(Nc1ccc(-c2nc3cc(NC(=O)c4ccc(I)cc4)ccc3o2)cc1)c1ccc(I)cc1. The number of oxazole rings is 1. The number of carbonyl (C=O) groups excluding carboxylic acids is 2. The molecule has 4 aromatic carbocycles. The Bertz CT molecular complexity index is 1530. The fourth-order valence-electron chi connectivity index (χ4n) is 3.43. The highest BCUT2D eigenvalue weighted by molar-refractivity contribution is 14.1. The third-order valence-electron chi connectivity index (χ3n) is 5.25. The predicted octanol–water partition coefficient (Wildman–Crippen LogP) is 7.21. The van der Waals surface area contributed by atoms with Crippen molar-refractivity contribution >= 4 is 79.5 Å². The van der Waals surface area contributed by atoms with Crippen molar-refractivity contribution in [1.29, 1.82) is 0 Å². The quantitative estimate of drug-likeness (QED) is 0.192. The van der Waals surface area contributed by atoms with Gasteiger partial charge in [0.2, 0.25) is 5.89 Å². The summed E-state index contributed by atoms with van der Waals surface area (Å²) in [5.74, 6) is 0.0970. The van der Waals surface area contributed by atoms with E-state index in [0.29, 0.717) is 39.5 Å². The van der Waals surface area contributed by atoms with E-state index in [4.69, 9.17) is 4.42 Å². The van der Waals surface area contributed by atoms with Gasteiger partial charge in [0, 0.05) is 35.2 Å². The smallest absolute Gasteiger partial charge is 0.255 e. The molecule has 0 fully saturated rings. The molecule has 5 rings (SSSR count). The number of carbonyl (C=O) groups is 2. The Morgan fingerprint density at radius 2 is 1.17 bits per heavy atom. The van der Waals surface area contributed by atoms with Gasteiger partial charge in [-0.05, 0) is 136 Å². The van der Waals surface area contributed by atoms with E-state index in [-0.39, 0.29) is 11.8 Å². The first kappa shape index (κ1) is 23.5. The number of aromatic nitrogens is 1. The van der Waals surface area contributed by atoms with E-state index < -0.39 is 0 Å². The minimum absolute atomic E-state index is 0.171. The zero-order valence-corrected chi connectivity index (χ0v) is 22.4. The molecule has 0 unspecified atom stereocenters. The topological polar surface area (TPSA) is 84.2 Å². The van der Waals surface area contributed by atoms with Crippen LogP contribution in [0.15, 0.2) is 95.4 Å². The van der Waals surface area contributed by atoms with Gasteiger partial charge in [-0.15, -0.1) is 0 Å². The first-order valence-electron chi connectivity index (χ1n) is 10.6. The average molecular weight is 685 g/mol. The molecular formula is C27H17I2N3O3. The Kier molecular flexibility index (Phi) is 6.82. The van der Waals surface area contributed by atoms with E-state index in [1.807, 2.05) is 48.5 Å². The highest BCUT2D eigenvalue weighted by Crippen LogP contribution is 2.27. The molecule has 6 nitrogen and oxygen atoms in total. The molecule has 0 bridgehead atoms. The van der Waals surface area contributed by atoms with Crippen LogP contribution in [0.2, 0.25) is 0 Å². The Balaban J connectivity index is 1.30. The van der Waals surface area contributed by atoms with Crippen molar-refractivity contribution in [1.82, 2.24) is 4.98 Å². The summed E-state index contributed by atoms with van der Waals surface area (Å²) in [7, 11) is 0. The van der Waals surface area contributed by atoms with Crippen LogP contribution < -0.4 is 10.6 Å². The number of benzene rings is 4. The van der Waals surface area contributed by atoms with Crippen molar-refractivity contribution in [2.24, 2.45) is 0 Å². The van der Waals surface area contributed by atoms with Crippen LogP contribution in [-0.4, -0.2) is 16.8 Å². The third kappa shape index (κ3) is 5.54. The van der Waals surface area contributed by atoms with Crippen LogP contribution in [-0.2, 0) is 0 Å². The van der Waals surface area contributed by atoms with Crippen molar-refractivity contribution in [2.75, 3.05) is 10.6 Å². The second-order valence-corrected chi connectivity index (χ2v) is 10.2. The summed E-state index contributed by atoms with van der Waals surface area (Å²) in [4.78, 5) is 29.5. The molecule has 0 saturated heterocycles. The number of nitrogens with one attached hydrogen (secondary N) is 2. The van der Waals surface area contributed by atoms with Gasteiger partial charge in [0.05, 0.1) is 0 Å². The minimum atomic E-state index is -0.188. The van der Waals surface area contributed by atoms with Crippen molar-refractivity contribution in [3.8, 4) is 11.5 Å². The van der Waals surface area contributed by atoms with E-state index in [0.717, 1.165) is 12.7 Å². The minimum Gasteiger partial charge on any atom is -0.436 e. The van der Waals surface area contributed by atoms with Gasteiger partial charge < -0.3 is 15.1 Å². The molecule has 5 aromatic rings. The zero-order valence-electron chi connectivity index (χ0n) is 18.1. The van der Waals surface area contributed by atoms with Crippen molar-refractivity contribution in [2.45, 2.75) is 0 Å². The fraction of sp³-hybridized carbons (Fsp3) is 0. The van der Waals surface area contributed by atoms with E-state index in [2.05, 4.69) is 60.8 Å². The van der Waals surface area contributed by atoms with Gasteiger partial charge in [-0.2, -0.15) is 0 Å². The summed E-state index contributed by atoms with van der Waals surface area (Å²) in [5.41, 5.74) is 4.51. The van der Waals surface area contributed by atoms with Gasteiger partial charge in [-0.25, -0.2) is 4.98 Å². The van der Waals surface area contributed by atoms with Gasteiger partial charge in [0.15, 0.2) is 5.58 Å². The van der Waals surface area contributed by atoms with E-state index in [9.17, 15) is 9.59 Å². The van der Waals surface area contributed by atoms with E-state index in [1.165, 1.54) is 0 Å². The molecule has 0 aliphatic rings. The molecule has 0 saturated carbocycles. The molecular weight excluding hydrogens is 668 g/mol. The van der Waals surface area contributed by atoms with E-state index in [1.54, 1.807) is 42.5 Å². The molecule has 35 heavy (non-hydrogen) atoms. The molecule has 0 radical (unpaired) electrons. The number of amides is 2. The predicted molar refractivity (Wildman–Crippen MR) is 154 cm³/mol. The first-order chi connectivity index (χ1) is 16.9. The second kappa shape index (κ2) is 10.2. The molecule has 1 aromatic heterocycles. The number of nitrogens with zero attached hydrogens (tertiary/aromatic N) is 1. The van der Waals surface area contributed by atoms with Crippen LogP contribution in [0.1, 0.15) is 20.7 Å². The Labute approximate surface area is 228 Å². The standard InChI is InChI=1S/C27H17I2N3O3/c28-19-7-1-16(2-8-19)25(33)30-21-11-5-18(6-12-21)27-32-23-15-22(13-14-24(23)35-27)31-26(34)17-3-9-20(29)10-4-17/h1-15H,(H,30,33)(H,31,34). The highest BCUT2D eigenvalue weighted by atomic mass is 127. The number of anilines is 2. The van der Waals surface area contributed by atoms with E-state index >= 15 is 0 Å². The van der Waals surface area contributed by atoms with Crippen LogP contribution in [0.25, 0.3) is 22.6 Å². The summed E-state index contributed by atoms with van der Waals surface area (Å²) in [5, 5.41) is 5.79. The number of hydrogen-bond acceptors (Lipinski definition) is 4. The highest BCUT2D eigenvalue weighted by Gasteiger charge is 2.12. The molecule has 8 heteroatoms. The number of rotatable bonds is 5. The lowest BCUT2D eigenvalue weighted by Gasteiger charge is -2.06. The molecule has 1 heterocycles. The van der Waals surface area contributed by atoms with Gasteiger partial charge in [-0.3, -0.25) is 9.59 Å². The monoisotopic (exact) mass is 685 g/mol. The Hall–Kier alpha value is -3.25. The summed E-state index contributed by atoms with van der Waals surface area (Å²) in [6.45, 7) is 0. The van der Waals surface area contributed by atoms with Crippen LogP contribution >= 0.6 is 45.2 Å². The summed E-state index contributed by atoms with van der Waals surface area (Å²) < 4.78 is 8.04. The summed E-state index contributed by atoms with van der Waals surface area (Å²) in [6, 6.07) is 27.4. The first-order valence-corrected chi connectivity index (χ1v) is 12.8. The number of hydrogen-bond donors (Lipinski definition) is 2. The van der Waals surface area contributed by atoms with Crippen molar-refractivity contribution < 1.29 is 14.0 Å². The lowest BCUT2D eigenvalue weighted by Crippen LogP contribution is -2.11. The van der Waals surface area contributed by atoms with Gasteiger partial charge in [0.1, 0.15) is 5.52 Å². The lowest BCUT2D eigenvalue weighted by atomic mass is 10.2. The normalized spacial score (nSPS) is 10.8. The number of halogens is 2. The summed E-state index contributed by atoms with van der Waals surface area (Å²) in [6.07, 6.45) is 0. The molecule has 2 amide bonds. The van der Waals surface area contributed by atoms with Crippen LogP contribution in [0.4, 0.5) is 11.4 Å². The van der Waals surface area contributed by atoms with Crippen LogP contribution in [0.5, 0.6) is 0 Å². The average Bonchev–Trinajstić information content (AvgIpc) is 3.29. The maximum Gasteiger partial charge on any atom is 0.255 e. The zero-order chi connectivity index (χ0) is 24.4. The molecule has 172 valence electrons. The lowest BCUT2D eigenvalue weighted by molar-refractivity contribution is 0.101. The van der Waals surface area contributed by atoms with Crippen LogP contribution in [0.3, 0.4) is 0 Å². The Morgan fingerprint density at radius 3 is 1.74 bits per heavy atom. The van der Waals surface area contributed by atoms with Crippen molar-refractivity contribution in [3.05, 3.63) is 109 Å². The van der Waals surface area contributed by atoms with Gasteiger partial charge >= 0.3 is 0 Å². The van der Waals surface area contributed by atoms with Gasteiger partial charge in [-0.1, -0.05) is 0 Å². The molecule has 0 atom stereocenters. The van der Waals surface area contributed by atoms with Crippen LogP contribution in [0, 0.1) is 7.14 Å². The molecule has 0 aliphatic carbocycles. The van der Waals surface area contributed by atoms with Gasteiger partial charge in [0.25, 0.3) is 11.8 Å². The largest absolute Gasteiger partial charge is 0.436 e. The maximum absolute atomic E-state index is 12.5. The second-order valence-electron chi connectivity index (χ2n) is 7.70. The fourth-order valence-corrected chi connectivity index (χ4v) is 4.15. The third-order valence-corrected chi connectivity index (χ3v) is 6.69. The Morgan fingerprint density at radius 1 is 0.657 bits per heavy atom. The molecule has 0 spiro atoms. The van der Waals surface area contributed by atoms with Crippen molar-refractivity contribution in [3.63, 3.8) is 0 Å². The maximum atomic E-state index is 12.5. The summed E-state index contributed by atoms with van der Waals surface area (Å²) >= 11 is 4.40. The molecule has 2 N–H and O–H groups in total.